The van der Waals surface area contributed by atoms with Gasteiger partial charge in [-0.15, -0.1) is 11.3 Å². The molecule has 0 bridgehead atoms. The first kappa shape index (κ1) is 16.2. The van der Waals surface area contributed by atoms with Crippen molar-refractivity contribution in [2.75, 3.05) is 5.32 Å². The van der Waals surface area contributed by atoms with Crippen LogP contribution in [0.2, 0.25) is 0 Å². The van der Waals surface area contributed by atoms with Gasteiger partial charge in [0.2, 0.25) is 0 Å². The van der Waals surface area contributed by atoms with E-state index in [0.717, 1.165) is 5.39 Å². The lowest BCUT2D eigenvalue weighted by molar-refractivity contribution is 0.0636. The van der Waals surface area contributed by atoms with Gasteiger partial charge in [-0.2, -0.15) is 0 Å². The highest BCUT2D eigenvalue weighted by Crippen LogP contribution is 2.25. The van der Waals surface area contributed by atoms with Crippen LogP contribution in [0, 0.1) is 0 Å². The molecule has 1 N–H and O–H groups in total. The van der Waals surface area contributed by atoms with E-state index in [1.807, 2.05) is 12.1 Å². The number of hydrogen-bond donors (Lipinski definition) is 1. The first-order chi connectivity index (χ1) is 11.3. The molecule has 0 aliphatic carbocycles. The van der Waals surface area contributed by atoms with E-state index in [1.165, 1.54) is 11.3 Å². The molecule has 6 nitrogen and oxygen atoms in total. The summed E-state index contributed by atoms with van der Waals surface area (Å²) < 4.78 is 10.5. The Kier molecular flexibility index (Phi) is 4.11. The zero-order valence-electron chi connectivity index (χ0n) is 13.5. The molecule has 0 aliphatic heterocycles. The second-order valence-corrected chi connectivity index (χ2v) is 7.01. The summed E-state index contributed by atoms with van der Waals surface area (Å²) in [6.45, 7) is 5.33. The highest BCUT2D eigenvalue weighted by Gasteiger charge is 2.18. The highest BCUT2D eigenvalue weighted by atomic mass is 32.1. The average Bonchev–Trinajstić information content (AvgIpc) is 2.92. The second-order valence-electron chi connectivity index (χ2n) is 6.15. The largest absolute Gasteiger partial charge is 0.444 e. The number of amides is 1. The lowest BCUT2D eigenvalue weighted by Crippen LogP contribution is -2.27. The van der Waals surface area contributed by atoms with Gasteiger partial charge < -0.3 is 9.15 Å². The lowest BCUT2D eigenvalue weighted by atomic mass is 10.1. The van der Waals surface area contributed by atoms with E-state index >= 15 is 0 Å². The summed E-state index contributed by atoms with van der Waals surface area (Å²) in [4.78, 5) is 28.2. The Labute approximate surface area is 142 Å². The number of nitrogens with one attached hydrogen (secondary N) is 1. The molecule has 1 amide bonds. The highest BCUT2D eigenvalue weighted by molar-refractivity contribution is 7.14. The van der Waals surface area contributed by atoms with Crippen molar-refractivity contribution < 1.29 is 13.9 Å². The number of hydrogen-bond acceptors (Lipinski definition) is 6. The van der Waals surface area contributed by atoms with Gasteiger partial charge in [-0.05, 0) is 32.9 Å². The minimum Gasteiger partial charge on any atom is -0.444 e. The molecule has 0 aliphatic rings. The van der Waals surface area contributed by atoms with Gasteiger partial charge in [-0.3, -0.25) is 5.32 Å². The number of thiazole rings is 1. The molecule has 0 fully saturated rings. The van der Waals surface area contributed by atoms with E-state index in [1.54, 1.807) is 44.4 Å². The molecule has 0 saturated carbocycles. The number of carbonyl (C=O) groups is 1. The fourth-order valence-electron chi connectivity index (χ4n) is 2.09. The van der Waals surface area contributed by atoms with E-state index in [0.29, 0.717) is 22.0 Å². The standard InChI is InChI=1S/C17H16N2O4S/c1-17(2,3)23-16(21)19-15-18-12(9-24-15)11-8-10-6-4-5-7-13(10)22-14(11)20/h4-9H,1-3H3,(H,18,19,21). The van der Waals surface area contributed by atoms with Gasteiger partial charge in [0.25, 0.3) is 0 Å². The Bertz CT molecular complexity index is 953. The smallest absolute Gasteiger partial charge is 0.413 e. The first-order valence-electron chi connectivity index (χ1n) is 7.31. The Hall–Kier alpha value is -2.67. The number of anilines is 1. The van der Waals surface area contributed by atoms with Gasteiger partial charge in [0, 0.05) is 10.8 Å². The van der Waals surface area contributed by atoms with E-state index < -0.39 is 17.3 Å². The monoisotopic (exact) mass is 344 g/mol. The summed E-state index contributed by atoms with van der Waals surface area (Å²) >= 11 is 1.21. The van der Waals surface area contributed by atoms with Gasteiger partial charge in [0.15, 0.2) is 5.13 Å². The van der Waals surface area contributed by atoms with Crippen molar-refractivity contribution in [3.05, 3.63) is 46.1 Å². The normalized spacial score (nSPS) is 11.5. The van der Waals surface area contributed by atoms with Crippen LogP contribution in [0.15, 0.2) is 44.9 Å². The van der Waals surface area contributed by atoms with Crippen LogP contribution in [-0.2, 0) is 4.74 Å². The summed E-state index contributed by atoms with van der Waals surface area (Å²) in [6, 6.07) is 8.98. The molecule has 3 aromatic rings. The fraction of sp³-hybridized carbons (Fsp3) is 0.235. The number of rotatable bonds is 2. The Morgan fingerprint density at radius 2 is 2.04 bits per heavy atom. The van der Waals surface area contributed by atoms with Crippen LogP contribution in [0.3, 0.4) is 0 Å². The summed E-state index contributed by atoms with van der Waals surface area (Å²) in [5, 5.41) is 5.41. The van der Waals surface area contributed by atoms with Crippen molar-refractivity contribution >= 4 is 33.5 Å². The quantitative estimate of drug-likeness (QED) is 0.702. The topological polar surface area (TPSA) is 81.4 Å². The maximum absolute atomic E-state index is 12.1. The second kappa shape index (κ2) is 6.09. The molecule has 1 aromatic carbocycles. The minimum atomic E-state index is -0.594. The van der Waals surface area contributed by atoms with Crippen molar-refractivity contribution in [3.63, 3.8) is 0 Å². The average molecular weight is 344 g/mol. The Morgan fingerprint density at radius 3 is 2.79 bits per heavy atom. The first-order valence-corrected chi connectivity index (χ1v) is 8.18. The van der Waals surface area contributed by atoms with Crippen LogP contribution in [0.4, 0.5) is 9.93 Å². The molecule has 3 rings (SSSR count). The molecule has 0 radical (unpaired) electrons. The van der Waals surface area contributed by atoms with Crippen molar-refractivity contribution in [3.8, 4) is 11.3 Å². The third kappa shape index (κ3) is 3.62. The maximum atomic E-state index is 12.1. The predicted molar refractivity (Wildman–Crippen MR) is 93.4 cm³/mol. The zero-order valence-corrected chi connectivity index (χ0v) is 14.3. The van der Waals surface area contributed by atoms with E-state index in [2.05, 4.69) is 10.3 Å². The molecule has 0 atom stereocenters. The molecule has 0 unspecified atom stereocenters. The minimum absolute atomic E-state index is 0.349. The summed E-state index contributed by atoms with van der Waals surface area (Å²) in [5.74, 6) is 0. The fourth-order valence-corrected chi connectivity index (χ4v) is 2.78. The van der Waals surface area contributed by atoms with Crippen LogP contribution in [-0.4, -0.2) is 16.7 Å². The summed E-state index contributed by atoms with van der Waals surface area (Å²) in [6.07, 6.45) is -0.589. The van der Waals surface area contributed by atoms with Crippen molar-refractivity contribution in [2.45, 2.75) is 26.4 Å². The molecule has 0 spiro atoms. The van der Waals surface area contributed by atoms with Gasteiger partial charge in [-0.1, -0.05) is 18.2 Å². The number of para-hydroxylation sites is 1. The number of fused-ring (bicyclic) bond motifs is 1. The van der Waals surface area contributed by atoms with Crippen LogP contribution in [0.5, 0.6) is 0 Å². The Balaban J connectivity index is 1.87. The molecule has 2 aromatic heterocycles. The molecular formula is C17H16N2O4S. The number of aromatic nitrogens is 1. The van der Waals surface area contributed by atoms with E-state index in [4.69, 9.17) is 9.15 Å². The van der Waals surface area contributed by atoms with Crippen LogP contribution in [0.25, 0.3) is 22.2 Å². The molecule has 7 heteroatoms. The van der Waals surface area contributed by atoms with Gasteiger partial charge >= 0.3 is 11.7 Å². The molecule has 2 heterocycles. The molecule has 24 heavy (non-hydrogen) atoms. The number of carbonyl (C=O) groups excluding carboxylic acids is 1. The predicted octanol–water partition coefficient (Wildman–Crippen LogP) is 4.26. The van der Waals surface area contributed by atoms with Crippen molar-refractivity contribution in [1.29, 1.82) is 0 Å². The summed E-state index contributed by atoms with van der Waals surface area (Å²) in [5.41, 5.74) is 0.257. The van der Waals surface area contributed by atoms with Gasteiger partial charge in [0.05, 0.1) is 11.3 Å². The molecular weight excluding hydrogens is 328 g/mol. The van der Waals surface area contributed by atoms with Gasteiger partial charge in [-0.25, -0.2) is 14.6 Å². The Morgan fingerprint density at radius 1 is 1.29 bits per heavy atom. The van der Waals surface area contributed by atoms with E-state index in [9.17, 15) is 9.59 Å². The van der Waals surface area contributed by atoms with Gasteiger partial charge in [0.1, 0.15) is 11.2 Å². The number of ether oxygens (including phenoxy) is 1. The lowest BCUT2D eigenvalue weighted by Gasteiger charge is -2.18. The molecule has 0 saturated heterocycles. The summed E-state index contributed by atoms with van der Waals surface area (Å²) in [7, 11) is 0. The van der Waals surface area contributed by atoms with Crippen LogP contribution >= 0.6 is 11.3 Å². The third-order valence-corrected chi connectivity index (χ3v) is 3.79. The molecule has 124 valence electrons. The van der Waals surface area contributed by atoms with E-state index in [-0.39, 0.29) is 0 Å². The van der Waals surface area contributed by atoms with Crippen LogP contribution < -0.4 is 10.9 Å². The number of nitrogens with zero attached hydrogens (tertiary/aromatic N) is 1. The maximum Gasteiger partial charge on any atom is 0.413 e. The van der Waals surface area contributed by atoms with Crippen molar-refractivity contribution in [1.82, 2.24) is 4.98 Å². The zero-order chi connectivity index (χ0) is 17.3. The SMILES string of the molecule is CC(C)(C)OC(=O)Nc1nc(-c2cc3ccccc3oc2=O)cs1. The number of benzene rings is 1. The van der Waals surface area contributed by atoms with Crippen molar-refractivity contribution in [2.24, 2.45) is 0 Å². The third-order valence-electron chi connectivity index (χ3n) is 3.03. The van der Waals surface area contributed by atoms with Crippen LogP contribution in [0.1, 0.15) is 20.8 Å².